The van der Waals surface area contributed by atoms with Crippen LogP contribution in [0.5, 0.6) is 5.75 Å². The van der Waals surface area contributed by atoms with E-state index in [9.17, 15) is 14.9 Å². The van der Waals surface area contributed by atoms with Gasteiger partial charge >= 0.3 is 0 Å². The maximum absolute atomic E-state index is 12.3. The van der Waals surface area contributed by atoms with Crippen molar-refractivity contribution in [2.45, 2.75) is 0 Å². The van der Waals surface area contributed by atoms with Gasteiger partial charge in [-0.15, -0.1) is 0 Å². The van der Waals surface area contributed by atoms with Gasteiger partial charge in [-0.05, 0) is 24.3 Å². The highest BCUT2D eigenvalue weighted by Crippen LogP contribution is 2.27. The Morgan fingerprint density at radius 2 is 1.97 bits per heavy atom. The van der Waals surface area contributed by atoms with Crippen LogP contribution in [0.25, 0.3) is 10.9 Å². The number of nitro benzene ring substituents is 1. The number of carbonyl (C=O) groups is 1. The zero-order chi connectivity index (χ0) is 20.9. The Balaban J connectivity index is 1.47. The van der Waals surface area contributed by atoms with Gasteiger partial charge in [-0.2, -0.15) is 0 Å². The predicted octanol–water partition coefficient (Wildman–Crippen LogP) is 3.00. The molecule has 0 aliphatic carbocycles. The van der Waals surface area contributed by atoms with E-state index in [0.29, 0.717) is 30.2 Å². The summed E-state index contributed by atoms with van der Waals surface area (Å²) in [6, 6.07) is 15.2. The van der Waals surface area contributed by atoms with Gasteiger partial charge in [0, 0.05) is 36.3 Å². The molecule has 1 fully saturated rings. The first-order valence-electron chi connectivity index (χ1n) is 9.50. The van der Waals surface area contributed by atoms with E-state index < -0.39 is 10.8 Å². The van der Waals surface area contributed by atoms with Gasteiger partial charge in [0.2, 0.25) is 0 Å². The lowest BCUT2D eigenvalue weighted by molar-refractivity contribution is -0.384. The van der Waals surface area contributed by atoms with Crippen LogP contribution < -0.4 is 15.0 Å². The normalized spacial score (nSPS) is 13.8. The number of fused-ring (bicyclic) bond motifs is 1. The fraction of sp³-hybridized carbons (Fsp3) is 0.238. The van der Waals surface area contributed by atoms with Crippen molar-refractivity contribution in [3.8, 4) is 5.75 Å². The van der Waals surface area contributed by atoms with Crippen molar-refractivity contribution in [2.24, 2.45) is 0 Å². The second kappa shape index (κ2) is 8.75. The number of nitro groups is 1. The molecule has 3 aromatic rings. The molecule has 0 saturated carbocycles. The summed E-state index contributed by atoms with van der Waals surface area (Å²) in [5.41, 5.74) is 0.913. The van der Waals surface area contributed by atoms with Crippen LogP contribution >= 0.6 is 0 Å². The van der Waals surface area contributed by atoms with Gasteiger partial charge in [0.25, 0.3) is 11.6 Å². The van der Waals surface area contributed by atoms with Gasteiger partial charge in [0.15, 0.2) is 6.61 Å². The minimum atomic E-state index is -0.514. The number of nitrogens with zero attached hydrogens (tertiary/aromatic N) is 3. The molecule has 30 heavy (non-hydrogen) atoms. The van der Waals surface area contributed by atoms with E-state index in [1.54, 1.807) is 12.1 Å². The summed E-state index contributed by atoms with van der Waals surface area (Å²) in [4.78, 5) is 29.5. The zero-order valence-corrected chi connectivity index (χ0v) is 16.1. The highest BCUT2D eigenvalue weighted by Gasteiger charge is 2.15. The molecule has 0 bridgehead atoms. The Labute approximate surface area is 172 Å². The third kappa shape index (κ3) is 4.47. The topological polar surface area (TPSA) is 107 Å². The molecule has 0 atom stereocenters. The standard InChI is InChI=1S/C21H20N4O5/c26-20(22-16-4-2-5-17(13-16)25(27)28)14-30-18-6-1-3-15-7-8-19(23-21(15)18)24-9-11-29-12-10-24/h1-8,13H,9-12,14H2,(H,22,26). The van der Waals surface area contributed by atoms with Crippen LogP contribution in [-0.2, 0) is 9.53 Å². The number of ether oxygens (including phenoxy) is 2. The van der Waals surface area contributed by atoms with Crippen molar-refractivity contribution in [3.63, 3.8) is 0 Å². The third-order valence-electron chi connectivity index (χ3n) is 4.70. The van der Waals surface area contributed by atoms with E-state index >= 15 is 0 Å². The fourth-order valence-electron chi connectivity index (χ4n) is 3.23. The molecule has 1 aliphatic rings. The summed E-state index contributed by atoms with van der Waals surface area (Å²) >= 11 is 0. The van der Waals surface area contributed by atoms with Gasteiger partial charge < -0.3 is 19.7 Å². The molecule has 1 aromatic heterocycles. The second-order valence-corrected chi connectivity index (χ2v) is 6.74. The van der Waals surface area contributed by atoms with E-state index in [1.165, 1.54) is 18.2 Å². The number of nitrogens with one attached hydrogen (secondary N) is 1. The molecular weight excluding hydrogens is 388 g/mol. The van der Waals surface area contributed by atoms with Crippen LogP contribution in [-0.4, -0.2) is 48.7 Å². The first-order valence-corrected chi connectivity index (χ1v) is 9.50. The number of para-hydroxylation sites is 1. The average Bonchev–Trinajstić information content (AvgIpc) is 2.78. The minimum Gasteiger partial charge on any atom is -0.481 e. The van der Waals surface area contributed by atoms with Crippen LogP contribution in [0.15, 0.2) is 54.6 Å². The molecule has 0 radical (unpaired) electrons. The summed E-state index contributed by atoms with van der Waals surface area (Å²) in [5.74, 6) is 0.913. The van der Waals surface area contributed by atoms with E-state index in [-0.39, 0.29) is 12.3 Å². The van der Waals surface area contributed by atoms with Crippen molar-refractivity contribution in [1.29, 1.82) is 0 Å². The van der Waals surface area contributed by atoms with Crippen molar-refractivity contribution in [1.82, 2.24) is 4.98 Å². The van der Waals surface area contributed by atoms with Crippen LogP contribution in [0.3, 0.4) is 0 Å². The molecule has 1 saturated heterocycles. The van der Waals surface area contributed by atoms with Gasteiger partial charge in [0.1, 0.15) is 17.1 Å². The number of anilines is 2. The highest BCUT2D eigenvalue weighted by molar-refractivity contribution is 5.93. The molecule has 1 amide bonds. The quantitative estimate of drug-likeness (QED) is 0.493. The SMILES string of the molecule is O=C(COc1cccc2ccc(N3CCOCC3)nc12)Nc1cccc([N+](=O)[O-])c1. The number of pyridine rings is 1. The Hall–Kier alpha value is -3.72. The summed E-state index contributed by atoms with van der Waals surface area (Å²) in [6.45, 7) is 2.62. The third-order valence-corrected chi connectivity index (χ3v) is 4.70. The number of carbonyl (C=O) groups excluding carboxylic acids is 1. The Morgan fingerprint density at radius 3 is 2.77 bits per heavy atom. The van der Waals surface area contributed by atoms with Crippen molar-refractivity contribution < 1.29 is 19.2 Å². The molecule has 154 valence electrons. The Bertz CT molecular complexity index is 1080. The van der Waals surface area contributed by atoms with Crippen molar-refractivity contribution in [2.75, 3.05) is 43.1 Å². The van der Waals surface area contributed by atoms with Crippen LogP contribution in [0.1, 0.15) is 0 Å². The molecular formula is C21H20N4O5. The Morgan fingerprint density at radius 1 is 1.17 bits per heavy atom. The maximum Gasteiger partial charge on any atom is 0.271 e. The highest BCUT2D eigenvalue weighted by atomic mass is 16.6. The lowest BCUT2D eigenvalue weighted by Crippen LogP contribution is -2.36. The number of hydrogen-bond acceptors (Lipinski definition) is 7. The van der Waals surface area contributed by atoms with E-state index in [4.69, 9.17) is 14.5 Å². The van der Waals surface area contributed by atoms with Crippen molar-refractivity contribution >= 4 is 34.0 Å². The summed E-state index contributed by atoms with van der Waals surface area (Å²) in [6.07, 6.45) is 0. The number of hydrogen-bond donors (Lipinski definition) is 1. The molecule has 9 nitrogen and oxygen atoms in total. The number of benzene rings is 2. The number of amides is 1. The first kappa shape index (κ1) is 19.6. The number of aromatic nitrogens is 1. The number of non-ortho nitro benzene ring substituents is 1. The molecule has 4 rings (SSSR count). The van der Waals surface area contributed by atoms with Gasteiger partial charge in [-0.1, -0.05) is 18.2 Å². The van der Waals surface area contributed by atoms with Gasteiger partial charge in [-0.25, -0.2) is 4.98 Å². The largest absolute Gasteiger partial charge is 0.481 e. The van der Waals surface area contributed by atoms with E-state index in [2.05, 4.69) is 10.2 Å². The van der Waals surface area contributed by atoms with Gasteiger partial charge in [0.05, 0.1) is 18.1 Å². The molecule has 2 aromatic carbocycles. The lowest BCUT2D eigenvalue weighted by atomic mass is 10.2. The minimum absolute atomic E-state index is 0.0948. The van der Waals surface area contributed by atoms with E-state index in [0.717, 1.165) is 24.3 Å². The summed E-state index contributed by atoms with van der Waals surface area (Å²) in [5, 5.41) is 14.4. The summed E-state index contributed by atoms with van der Waals surface area (Å²) in [7, 11) is 0. The Kier molecular flexibility index (Phi) is 5.71. The smallest absolute Gasteiger partial charge is 0.271 e. The predicted molar refractivity (Wildman–Crippen MR) is 112 cm³/mol. The van der Waals surface area contributed by atoms with E-state index in [1.807, 2.05) is 24.3 Å². The molecule has 0 unspecified atom stereocenters. The van der Waals surface area contributed by atoms with Crippen LogP contribution in [0.2, 0.25) is 0 Å². The van der Waals surface area contributed by atoms with Gasteiger partial charge in [-0.3, -0.25) is 14.9 Å². The fourth-order valence-corrected chi connectivity index (χ4v) is 3.23. The molecule has 9 heteroatoms. The lowest BCUT2D eigenvalue weighted by Gasteiger charge is -2.28. The maximum atomic E-state index is 12.3. The molecule has 1 aliphatic heterocycles. The molecule has 0 spiro atoms. The van der Waals surface area contributed by atoms with Crippen LogP contribution in [0.4, 0.5) is 17.2 Å². The monoisotopic (exact) mass is 408 g/mol. The van der Waals surface area contributed by atoms with Crippen molar-refractivity contribution in [3.05, 3.63) is 64.7 Å². The average molecular weight is 408 g/mol. The van der Waals surface area contributed by atoms with Crippen LogP contribution in [0, 0.1) is 10.1 Å². The number of rotatable bonds is 6. The molecule has 1 N–H and O–H groups in total. The number of morpholine rings is 1. The zero-order valence-electron chi connectivity index (χ0n) is 16.1. The first-order chi connectivity index (χ1) is 14.6. The molecule has 2 heterocycles. The second-order valence-electron chi connectivity index (χ2n) is 6.74. The summed E-state index contributed by atoms with van der Waals surface area (Å²) < 4.78 is 11.1.